The van der Waals surface area contributed by atoms with Gasteiger partial charge in [-0.3, -0.25) is 4.79 Å². The first-order valence-electron chi connectivity index (χ1n) is 7.36. The molecule has 1 aliphatic rings. The number of likely N-dealkylation sites (tertiary alicyclic amines) is 1. The zero-order chi connectivity index (χ0) is 14.5. The summed E-state index contributed by atoms with van der Waals surface area (Å²) >= 11 is 0. The minimum Gasteiger partial charge on any atom is -0.380 e. The number of hydrogen-bond acceptors (Lipinski definition) is 3. The summed E-state index contributed by atoms with van der Waals surface area (Å²) in [5.74, 6) is 0.0436. The minimum atomic E-state index is 0.0436. The quantitative estimate of drug-likeness (QED) is 0.937. The molecule has 1 aromatic heterocycles. The van der Waals surface area contributed by atoms with Gasteiger partial charge in [-0.25, -0.2) is 4.98 Å². The van der Waals surface area contributed by atoms with Crippen molar-refractivity contribution in [3.8, 4) is 0 Å². The molecule has 0 saturated carbocycles. The number of amides is 1. The lowest BCUT2D eigenvalue weighted by atomic mass is 10.2. The lowest BCUT2D eigenvalue weighted by Gasteiger charge is -2.14. The first kappa shape index (κ1) is 13.6. The third-order valence-corrected chi connectivity index (χ3v) is 3.72. The second kappa shape index (κ2) is 6.39. The van der Waals surface area contributed by atoms with Crippen LogP contribution in [0.4, 0.5) is 5.69 Å². The van der Waals surface area contributed by atoms with E-state index in [9.17, 15) is 4.79 Å². The topological polar surface area (TPSA) is 45.2 Å². The Bertz CT molecular complexity index is 589. The maximum atomic E-state index is 12.2. The number of benzene rings is 1. The molecule has 0 aliphatic carbocycles. The standard InChI is InChI=1S/C17H19N3O/c21-17(20-10-4-5-11-20)16-9-8-15(13-19-16)18-12-14-6-2-1-3-7-14/h1-3,6-9,13,18H,4-5,10-12H2. The van der Waals surface area contributed by atoms with Crippen LogP contribution in [0.2, 0.25) is 0 Å². The molecule has 1 N–H and O–H groups in total. The second-order valence-electron chi connectivity index (χ2n) is 5.27. The lowest BCUT2D eigenvalue weighted by molar-refractivity contribution is 0.0787. The monoisotopic (exact) mass is 281 g/mol. The van der Waals surface area contributed by atoms with Crippen molar-refractivity contribution < 1.29 is 4.79 Å². The van der Waals surface area contributed by atoms with Crippen molar-refractivity contribution in [2.24, 2.45) is 0 Å². The molecule has 4 heteroatoms. The first-order chi connectivity index (χ1) is 10.3. The summed E-state index contributed by atoms with van der Waals surface area (Å²) in [7, 11) is 0. The van der Waals surface area contributed by atoms with Gasteiger partial charge >= 0.3 is 0 Å². The molecule has 2 aromatic rings. The number of nitrogens with one attached hydrogen (secondary N) is 1. The van der Waals surface area contributed by atoms with Gasteiger partial charge in [-0.1, -0.05) is 30.3 Å². The summed E-state index contributed by atoms with van der Waals surface area (Å²) in [6, 6.07) is 13.9. The maximum absolute atomic E-state index is 12.2. The van der Waals surface area contributed by atoms with E-state index in [0.29, 0.717) is 5.69 Å². The van der Waals surface area contributed by atoms with Crippen LogP contribution in [0.3, 0.4) is 0 Å². The number of hydrogen-bond donors (Lipinski definition) is 1. The Balaban J connectivity index is 1.60. The Hall–Kier alpha value is -2.36. The van der Waals surface area contributed by atoms with Gasteiger partial charge in [0, 0.05) is 19.6 Å². The number of carbonyl (C=O) groups excluding carboxylic acids is 1. The molecule has 0 spiro atoms. The maximum Gasteiger partial charge on any atom is 0.272 e. The van der Waals surface area contributed by atoms with E-state index in [2.05, 4.69) is 22.4 Å². The summed E-state index contributed by atoms with van der Waals surface area (Å²) in [5.41, 5.74) is 2.67. The van der Waals surface area contributed by atoms with Crippen molar-refractivity contribution in [1.82, 2.24) is 9.88 Å². The summed E-state index contributed by atoms with van der Waals surface area (Å²) < 4.78 is 0. The molecule has 1 saturated heterocycles. The molecule has 1 amide bonds. The fourth-order valence-corrected chi connectivity index (χ4v) is 2.51. The van der Waals surface area contributed by atoms with Crippen molar-refractivity contribution >= 4 is 11.6 Å². The smallest absolute Gasteiger partial charge is 0.272 e. The lowest BCUT2D eigenvalue weighted by Crippen LogP contribution is -2.28. The van der Waals surface area contributed by atoms with Gasteiger partial charge in [0.25, 0.3) is 5.91 Å². The zero-order valence-corrected chi connectivity index (χ0v) is 12.0. The van der Waals surface area contributed by atoms with Crippen LogP contribution in [0.1, 0.15) is 28.9 Å². The Morgan fingerprint density at radius 1 is 1.10 bits per heavy atom. The fourth-order valence-electron chi connectivity index (χ4n) is 2.51. The Morgan fingerprint density at radius 2 is 1.86 bits per heavy atom. The molecule has 1 aromatic carbocycles. The first-order valence-corrected chi connectivity index (χ1v) is 7.36. The van der Waals surface area contributed by atoms with Crippen molar-refractivity contribution in [3.05, 3.63) is 59.9 Å². The third-order valence-electron chi connectivity index (χ3n) is 3.72. The molecule has 0 radical (unpaired) electrons. The Labute approximate surface area is 124 Å². The number of aromatic nitrogens is 1. The van der Waals surface area contributed by atoms with E-state index < -0.39 is 0 Å². The van der Waals surface area contributed by atoms with E-state index in [4.69, 9.17) is 0 Å². The minimum absolute atomic E-state index is 0.0436. The third kappa shape index (κ3) is 3.40. The van der Waals surface area contributed by atoms with Crippen LogP contribution in [0.5, 0.6) is 0 Å². The largest absolute Gasteiger partial charge is 0.380 e. The average molecular weight is 281 g/mol. The van der Waals surface area contributed by atoms with Gasteiger partial charge in [-0.15, -0.1) is 0 Å². The summed E-state index contributed by atoms with van der Waals surface area (Å²) in [6.07, 6.45) is 3.93. The van der Waals surface area contributed by atoms with Gasteiger partial charge in [0.2, 0.25) is 0 Å². The van der Waals surface area contributed by atoms with E-state index in [0.717, 1.165) is 38.2 Å². The molecule has 108 valence electrons. The molecule has 1 aliphatic heterocycles. The van der Waals surface area contributed by atoms with Crippen LogP contribution in [0.25, 0.3) is 0 Å². The van der Waals surface area contributed by atoms with Gasteiger partial charge < -0.3 is 10.2 Å². The van der Waals surface area contributed by atoms with Crippen LogP contribution >= 0.6 is 0 Å². The zero-order valence-electron chi connectivity index (χ0n) is 12.0. The van der Waals surface area contributed by atoms with Gasteiger partial charge in [-0.2, -0.15) is 0 Å². The van der Waals surface area contributed by atoms with E-state index in [1.54, 1.807) is 12.3 Å². The highest BCUT2D eigenvalue weighted by molar-refractivity contribution is 5.92. The summed E-state index contributed by atoms with van der Waals surface area (Å²) in [4.78, 5) is 18.3. The molecule has 2 heterocycles. The Morgan fingerprint density at radius 3 is 2.52 bits per heavy atom. The van der Waals surface area contributed by atoms with Crippen molar-refractivity contribution in [3.63, 3.8) is 0 Å². The molecule has 4 nitrogen and oxygen atoms in total. The van der Waals surface area contributed by atoms with E-state index in [1.165, 1.54) is 5.56 Å². The van der Waals surface area contributed by atoms with E-state index >= 15 is 0 Å². The number of anilines is 1. The van der Waals surface area contributed by atoms with Crippen LogP contribution < -0.4 is 5.32 Å². The molecule has 3 rings (SSSR count). The van der Waals surface area contributed by atoms with Crippen LogP contribution in [-0.2, 0) is 6.54 Å². The number of nitrogens with zero attached hydrogens (tertiary/aromatic N) is 2. The van der Waals surface area contributed by atoms with Crippen molar-refractivity contribution in [2.75, 3.05) is 18.4 Å². The average Bonchev–Trinajstić information content (AvgIpc) is 3.08. The van der Waals surface area contributed by atoms with E-state index in [-0.39, 0.29) is 5.91 Å². The van der Waals surface area contributed by atoms with Crippen molar-refractivity contribution in [2.45, 2.75) is 19.4 Å². The number of pyridine rings is 1. The fraction of sp³-hybridized carbons (Fsp3) is 0.294. The molecule has 0 unspecified atom stereocenters. The normalized spacial score (nSPS) is 14.2. The Kier molecular flexibility index (Phi) is 4.15. The predicted octanol–water partition coefficient (Wildman–Crippen LogP) is 2.93. The second-order valence-corrected chi connectivity index (χ2v) is 5.27. The molecule has 0 atom stereocenters. The SMILES string of the molecule is O=C(c1ccc(NCc2ccccc2)cn1)N1CCCC1. The highest BCUT2D eigenvalue weighted by Gasteiger charge is 2.20. The van der Waals surface area contributed by atoms with Gasteiger partial charge in [0.1, 0.15) is 5.69 Å². The predicted molar refractivity (Wildman–Crippen MR) is 83.1 cm³/mol. The van der Waals surface area contributed by atoms with Gasteiger partial charge in [0.05, 0.1) is 11.9 Å². The van der Waals surface area contributed by atoms with Crippen LogP contribution in [0.15, 0.2) is 48.7 Å². The summed E-state index contributed by atoms with van der Waals surface area (Å²) in [5, 5.41) is 3.31. The number of carbonyl (C=O) groups is 1. The van der Waals surface area contributed by atoms with Crippen molar-refractivity contribution in [1.29, 1.82) is 0 Å². The summed E-state index contributed by atoms with van der Waals surface area (Å²) in [6.45, 7) is 2.46. The van der Waals surface area contributed by atoms with Crippen LogP contribution in [-0.4, -0.2) is 28.9 Å². The highest BCUT2D eigenvalue weighted by atomic mass is 16.2. The van der Waals surface area contributed by atoms with E-state index in [1.807, 2.05) is 29.2 Å². The number of rotatable bonds is 4. The molecule has 21 heavy (non-hydrogen) atoms. The molecular weight excluding hydrogens is 262 g/mol. The molecular formula is C17H19N3O. The highest BCUT2D eigenvalue weighted by Crippen LogP contribution is 2.13. The van der Waals surface area contributed by atoms with Gasteiger partial charge in [0.15, 0.2) is 0 Å². The molecule has 1 fully saturated rings. The van der Waals surface area contributed by atoms with Crippen LogP contribution in [0, 0.1) is 0 Å². The van der Waals surface area contributed by atoms with Gasteiger partial charge in [-0.05, 0) is 30.5 Å². The molecule has 0 bridgehead atoms.